The molecule has 7 heteroatoms. The first-order valence-corrected chi connectivity index (χ1v) is 12.7. The molecule has 2 heterocycles. The Morgan fingerprint density at radius 2 is 1.71 bits per heavy atom. The lowest BCUT2D eigenvalue weighted by atomic mass is 10.0. The van der Waals surface area contributed by atoms with E-state index < -0.39 is 5.82 Å². The molecule has 3 aliphatic rings. The van der Waals surface area contributed by atoms with Crippen LogP contribution in [0.1, 0.15) is 47.6 Å². The number of amides is 2. The number of halogens is 2. The van der Waals surface area contributed by atoms with Gasteiger partial charge in [-0.15, -0.1) is 0 Å². The van der Waals surface area contributed by atoms with E-state index in [0.717, 1.165) is 31.6 Å². The number of benzene rings is 2. The quantitative estimate of drug-likeness (QED) is 0.600. The summed E-state index contributed by atoms with van der Waals surface area (Å²) in [6.07, 6.45) is 3.83. The molecule has 2 aromatic carbocycles. The Balaban J connectivity index is 1.16. The van der Waals surface area contributed by atoms with Gasteiger partial charge in [-0.05, 0) is 54.7 Å². The number of carbonyl (C=O) groups is 2. The van der Waals surface area contributed by atoms with Crippen molar-refractivity contribution >= 4 is 23.4 Å². The summed E-state index contributed by atoms with van der Waals surface area (Å²) in [4.78, 5) is 29.6. The average Bonchev–Trinajstić information content (AvgIpc) is 3.41. The van der Waals surface area contributed by atoms with Gasteiger partial charge in [0.2, 0.25) is 5.91 Å². The predicted octanol–water partition coefficient (Wildman–Crippen LogP) is 4.53. The lowest BCUT2D eigenvalue weighted by Gasteiger charge is -2.25. The highest BCUT2D eigenvalue weighted by molar-refractivity contribution is 6.33. The second kappa shape index (κ2) is 10.0. The van der Waals surface area contributed by atoms with E-state index in [2.05, 4.69) is 22.3 Å². The van der Waals surface area contributed by atoms with Crippen molar-refractivity contribution in [3.8, 4) is 0 Å². The summed E-state index contributed by atoms with van der Waals surface area (Å²) in [7, 11) is 0. The number of nitrogens with one attached hydrogen (secondary N) is 1. The minimum absolute atomic E-state index is 0.00849. The highest BCUT2D eigenvalue weighted by Crippen LogP contribution is 2.34. The summed E-state index contributed by atoms with van der Waals surface area (Å²) in [6.45, 7) is 3.98. The molecule has 180 valence electrons. The summed E-state index contributed by atoms with van der Waals surface area (Å²) in [6, 6.07) is 14.6. The molecular formula is C27H31ClFN3O2. The first kappa shape index (κ1) is 23.3. The molecule has 2 unspecified atom stereocenters. The summed E-state index contributed by atoms with van der Waals surface area (Å²) in [5.41, 5.74) is 1.12. The Labute approximate surface area is 205 Å². The number of hydrogen-bond donors (Lipinski definition) is 1. The zero-order valence-electron chi connectivity index (χ0n) is 19.3. The van der Waals surface area contributed by atoms with Crippen molar-refractivity contribution in [2.45, 2.75) is 31.7 Å². The highest BCUT2D eigenvalue weighted by atomic mass is 35.5. The molecule has 1 aliphatic carbocycles. The third kappa shape index (κ3) is 5.28. The van der Waals surface area contributed by atoms with Gasteiger partial charge in [-0.1, -0.05) is 48.0 Å². The molecule has 3 atom stereocenters. The van der Waals surface area contributed by atoms with Crippen molar-refractivity contribution in [2.24, 2.45) is 17.8 Å². The molecule has 0 spiro atoms. The molecule has 2 amide bonds. The van der Waals surface area contributed by atoms with Gasteiger partial charge in [0.15, 0.2) is 0 Å². The standard InChI is InChI=1S/C27H31ClFN3O2/c28-22-7-4-8-23(29)26(22)27(34)32-16-20-14-31(15-21(20)17-32)12-11-24(19-5-2-1-3-6-19)30-25(33)13-18-9-10-18/h1-8,18,20-21,24H,9-17H2,(H,30,33)/t20?,21?,24-/m0/s1. The lowest BCUT2D eigenvalue weighted by Crippen LogP contribution is -2.35. The molecule has 0 radical (unpaired) electrons. The Morgan fingerprint density at radius 1 is 1.00 bits per heavy atom. The zero-order valence-corrected chi connectivity index (χ0v) is 20.0. The van der Waals surface area contributed by atoms with Crippen molar-refractivity contribution in [1.82, 2.24) is 15.1 Å². The number of nitrogens with zero attached hydrogens (tertiary/aromatic N) is 2. The molecule has 2 saturated heterocycles. The second-order valence-electron chi connectivity index (χ2n) is 10.1. The monoisotopic (exact) mass is 483 g/mol. The normalized spacial score (nSPS) is 23.1. The van der Waals surface area contributed by atoms with Crippen LogP contribution in [0.5, 0.6) is 0 Å². The Kier molecular flexibility index (Phi) is 6.89. The van der Waals surface area contributed by atoms with Gasteiger partial charge in [-0.3, -0.25) is 9.59 Å². The molecule has 34 heavy (non-hydrogen) atoms. The molecule has 5 nitrogen and oxygen atoms in total. The first-order chi connectivity index (χ1) is 16.5. The zero-order chi connectivity index (χ0) is 23.7. The number of likely N-dealkylation sites (tertiary alicyclic amines) is 2. The Morgan fingerprint density at radius 3 is 2.35 bits per heavy atom. The molecule has 5 rings (SSSR count). The molecule has 2 aliphatic heterocycles. The Bertz CT molecular complexity index is 1010. The van der Waals surface area contributed by atoms with Gasteiger partial charge in [-0.2, -0.15) is 0 Å². The van der Waals surface area contributed by atoms with Crippen LogP contribution in [0.4, 0.5) is 4.39 Å². The molecule has 0 aromatic heterocycles. The van der Waals surface area contributed by atoms with Crippen LogP contribution in [0, 0.1) is 23.6 Å². The maximum Gasteiger partial charge on any atom is 0.258 e. The van der Waals surface area contributed by atoms with Crippen LogP contribution >= 0.6 is 11.6 Å². The van der Waals surface area contributed by atoms with E-state index in [1.807, 2.05) is 18.2 Å². The van der Waals surface area contributed by atoms with Crippen LogP contribution in [0.2, 0.25) is 5.02 Å². The fraction of sp³-hybridized carbons (Fsp3) is 0.481. The largest absolute Gasteiger partial charge is 0.349 e. The summed E-state index contributed by atoms with van der Waals surface area (Å²) < 4.78 is 14.2. The highest BCUT2D eigenvalue weighted by Gasteiger charge is 2.42. The maximum atomic E-state index is 14.2. The van der Waals surface area contributed by atoms with Crippen LogP contribution < -0.4 is 5.32 Å². The predicted molar refractivity (Wildman–Crippen MR) is 130 cm³/mol. The van der Waals surface area contributed by atoms with Crippen LogP contribution in [0.3, 0.4) is 0 Å². The maximum absolute atomic E-state index is 14.2. The SMILES string of the molecule is O=C(CC1CC1)N[C@@H](CCN1CC2CN(C(=O)c3c(F)cccc3Cl)CC2C1)c1ccccc1. The minimum Gasteiger partial charge on any atom is -0.349 e. The van der Waals surface area contributed by atoms with E-state index in [1.54, 1.807) is 11.0 Å². The van der Waals surface area contributed by atoms with Gasteiger partial charge in [0.1, 0.15) is 5.82 Å². The summed E-state index contributed by atoms with van der Waals surface area (Å²) >= 11 is 6.11. The fourth-order valence-electron chi connectivity index (χ4n) is 5.46. The van der Waals surface area contributed by atoms with E-state index in [-0.39, 0.29) is 28.4 Å². The number of fused-ring (bicyclic) bond motifs is 1. The smallest absolute Gasteiger partial charge is 0.258 e. The van der Waals surface area contributed by atoms with Crippen molar-refractivity contribution < 1.29 is 14.0 Å². The van der Waals surface area contributed by atoms with Gasteiger partial charge in [0, 0.05) is 39.1 Å². The topological polar surface area (TPSA) is 52.7 Å². The van der Waals surface area contributed by atoms with E-state index in [1.165, 1.54) is 25.0 Å². The first-order valence-electron chi connectivity index (χ1n) is 12.3. The second-order valence-corrected chi connectivity index (χ2v) is 10.5. The number of carbonyl (C=O) groups excluding carboxylic acids is 2. The third-order valence-corrected chi connectivity index (χ3v) is 7.78. The molecular weight excluding hydrogens is 453 g/mol. The summed E-state index contributed by atoms with van der Waals surface area (Å²) in [5, 5.41) is 3.43. The van der Waals surface area contributed by atoms with Crippen molar-refractivity contribution in [2.75, 3.05) is 32.7 Å². The van der Waals surface area contributed by atoms with Crippen molar-refractivity contribution in [3.05, 3.63) is 70.5 Å². The lowest BCUT2D eigenvalue weighted by molar-refractivity contribution is -0.122. The molecule has 1 saturated carbocycles. The van der Waals surface area contributed by atoms with Crippen LogP contribution in [0.15, 0.2) is 48.5 Å². The summed E-state index contributed by atoms with van der Waals surface area (Å²) in [5.74, 6) is 0.608. The van der Waals surface area contributed by atoms with Crippen LogP contribution in [0.25, 0.3) is 0 Å². The van der Waals surface area contributed by atoms with Gasteiger partial charge in [0.05, 0.1) is 16.6 Å². The van der Waals surface area contributed by atoms with E-state index in [0.29, 0.717) is 37.3 Å². The van der Waals surface area contributed by atoms with Gasteiger partial charge < -0.3 is 15.1 Å². The Hall–Kier alpha value is -2.44. The van der Waals surface area contributed by atoms with Gasteiger partial charge >= 0.3 is 0 Å². The van der Waals surface area contributed by atoms with Crippen molar-refractivity contribution in [1.29, 1.82) is 0 Å². The number of hydrogen-bond acceptors (Lipinski definition) is 3. The van der Waals surface area contributed by atoms with Gasteiger partial charge in [-0.25, -0.2) is 4.39 Å². The minimum atomic E-state index is -0.563. The van der Waals surface area contributed by atoms with E-state index in [9.17, 15) is 14.0 Å². The molecule has 0 bridgehead atoms. The average molecular weight is 484 g/mol. The van der Waals surface area contributed by atoms with Gasteiger partial charge in [0.25, 0.3) is 5.91 Å². The van der Waals surface area contributed by atoms with Crippen LogP contribution in [-0.2, 0) is 4.79 Å². The van der Waals surface area contributed by atoms with Crippen LogP contribution in [-0.4, -0.2) is 54.3 Å². The molecule has 1 N–H and O–H groups in total. The molecule has 3 fully saturated rings. The van der Waals surface area contributed by atoms with Crippen molar-refractivity contribution in [3.63, 3.8) is 0 Å². The third-order valence-electron chi connectivity index (χ3n) is 7.47. The number of rotatable bonds is 8. The van der Waals surface area contributed by atoms with E-state index in [4.69, 9.17) is 11.6 Å². The molecule has 2 aromatic rings. The fourth-order valence-corrected chi connectivity index (χ4v) is 5.70. The van der Waals surface area contributed by atoms with E-state index >= 15 is 0 Å².